The van der Waals surface area contributed by atoms with Crippen molar-refractivity contribution in [1.82, 2.24) is 5.32 Å². The fourth-order valence-corrected chi connectivity index (χ4v) is 1.45. The minimum Gasteiger partial charge on any atom is -0.467 e. The van der Waals surface area contributed by atoms with Gasteiger partial charge in [0.2, 0.25) is 0 Å². The smallest absolute Gasteiger partial charge is 0.328 e. The number of hydrogen-bond acceptors (Lipinski definition) is 5. The summed E-state index contributed by atoms with van der Waals surface area (Å²) in [6.45, 7) is 3.03. The number of carbonyl (C=O) groups excluding carboxylic acids is 3. The van der Waals surface area contributed by atoms with Gasteiger partial charge in [-0.15, -0.1) is 0 Å². The van der Waals surface area contributed by atoms with Crippen LogP contribution in [0.4, 0.5) is 0 Å². The van der Waals surface area contributed by atoms with Crippen LogP contribution in [0.5, 0.6) is 0 Å². The van der Waals surface area contributed by atoms with Crippen LogP contribution in [-0.2, 0) is 25.7 Å². The lowest BCUT2D eigenvalue weighted by molar-refractivity contribution is -0.143. The highest BCUT2D eigenvalue weighted by atomic mass is 16.5. The quantitative estimate of drug-likeness (QED) is 0.814. The van der Waals surface area contributed by atoms with E-state index in [2.05, 4.69) is 10.1 Å². The first-order chi connectivity index (χ1) is 9.43. The minimum atomic E-state index is -0.715. The second-order valence-corrected chi connectivity index (χ2v) is 4.20. The number of carbonyl (C=O) groups is 3. The average Bonchev–Trinajstić information content (AvgIpc) is 2.44. The molecular formula is C14H17NO5. The molecule has 0 unspecified atom stereocenters. The van der Waals surface area contributed by atoms with E-state index in [1.807, 2.05) is 0 Å². The van der Waals surface area contributed by atoms with Crippen LogP contribution in [0.2, 0.25) is 0 Å². The van der Waals surface area contributed by atoms with Crippen LogP contribution in [0, 0.1) is 0 Å². The summed E-state index contributed by atoms with van der Waals surface area (Å²) in [6, 6.07) is 5.84. The van der Waals surface area contributed by atoms with E-state index in [1.165, 1.54) is 14.0 Å². The van der Waals surface area contributed by atoms with Gasteiger partial charge in [0.25, 0.3) is 5.91 Å². The highest BCUT2D eigenvalue weighted by Crippen LogP contribution is 2.06. The van der Waals surface area contributed by atoms with Crippen LogP contribution < -0.4 is 5.32 Å². The van der Waals surface area contributed by atoms with E-state index < -0.39 is 12.0 Å². The highest BCUT2D eigenvalue weighted by molar-refractivity contribution is 5.96. The Morgan fingerprint density at radius 2 is 1.80 bits per heavy atom. The Labute approximate surface area is 117 Å². The normalized spacial score (nSPS) is 11.3. The number of methoxy groups -OCH3 is 1. The second-order valence-electron chi connectivity index (χ2n) is 4.20. The summed E-state index contributed by atoms with van der Waals surface area (Å²) in [5.41, 5.74) is 1.19. The number of rotatable bonds is 5. The van der Waals surface area contributed by atoms with Crippen molar-refractivity contribution in [2.45, 2.75) is 26.5 Å². The summed E-state index contributed by atoms with van der Waals surface area (Å²) in [5, 5.41) is 2.52. The fourth-order valence-electron chi connectivity index (χ4n) is 1.45. The Morgan fingerprint density at radius 1 is 1.20 bits per heavy atom. The Morgan fingerprint density at radius 3 is 2.30 bits per heavy atom. The number of benzene rings is 1. The van der Waals surface area contributed by atoms with E-state index in [0.29, 0.717) is 5.56 Å². The van der Waals surface area contributed by atoms with Gasteiger partial charge in [-0.05, 0) is 24.6 Å². The minimum absolute atomic E-state index is 0.162. The molecular weight excluding hydrogens is 262 g/mol. The molecule has 6 heteroatoms. The van der Waals surface area contributed by atoms with Crippen molar-refractivity contribution in [3.63, 3.8) is 0 Å². The molecule has 0 radical (unpaired) electrons. The molecule has 1 aromatic carbocycles. The van der Waals surface area contributed by atoms with E-state index >= 15 is 0 Å². The molecule has 0 aliphatic heterocycles. The van der Waals surface area contributed by atoms with Gasteiger partial charge in [-0.3, -0.25) is 9.59 Å². The van der Waals surface area contributed by atoms with Gasteiger partial charge >= 0.3 is 11.9 Å². The molecule has 108 valence electrons. The van der Waals surface area contributed by atoms with Crippen LogP contribution in [0.15, 0.2) is 24.3 Å². The Hall–Kier alpha value is -2.37. The third-order valence-electron chi connectivity index (χ3n) is 2.56. The summed E-state index contributed by atoms with van der Waals surface area (Å²) in [7, 11) is 1.26. The summed E-state index contributed by atoms with van der Waals surface area (Å²) in [4.78, 5) is 33.7. The zero-order valence-corrected chi connectivity index (χ0v) is 11.6. The van der Waals surface area contributed by atoms with Gasteiger partial charge in [0, 0.05) is 12.5 Å². The standard InChI is InChI=1S/C14H17NO5/c1-9(14(18)19-3)15-13(17)12-6-4-11(5-7-12)8-20-10(2)16/h4-7,9H,8H2,1-3H3,(H,15,17)/t9-/m1/s1. The van der Waals surface area contributed by atoms with E-state index in [0.717, 1.165) is 5.56 Å². The maximum absolute atomic E-state index is 11.8. The van der Waals surface area contributed by atoms with E-state index in [4.69, 9.17) is 4.74 Å². The average molecular weight is 279 g/mol. The zero-order chi connectivity index (χ0) is 15.1. The lowest BCUT2D eigenvalue weighted by Crippen LogP contribution is -2.39. The van der Waals surface area contributed by atoms with E-state index in [-0.39, 0.29) is 18.5 Å². The monoisotopic (exact) mass is 279 g/mol. The molecule has 0 saturated carbocycles. The van der Waals surface area contributed by atoms with Gasteiger partial charge < -0.3 is 14.8 Å². The summed E-state index contributed by atoms with van der Waals surface area (Å²) < 4.78 is 9.36. The van der Waals surface area contributed by atoms with Crippen molar-refractivity contribution in [3.05, 3.63) is 35.4 Å². The largest absolute Gasteiger partial charge is 0.467 e. The van der Waals surface area contributed by atoms with Crippen LogP contribution in [0.3, 0.4) is 0 Å². The third kappa shape index (κ3) is 4.72. The molecule has 0 aromatic heterocycles. The molecule has 0 saturated heterocycles. The molecule has 1 amide bonds. The SMILES string of the molecule is COC(=O)[C@@H](C)NC(=O)c1ccc(COC(C)=O)cc1. The maximum atomic E-state index is 11.8. The van der Waals surface area contributed by atoms with Gasteiger partial charge in [0.05, 0.1) is 7.11 Å². The van der Waals surface area contributed by atoms with Crippen LogP contribution in [0.1, 0.15) is 29.8 Å². The molecule has 0 aliphatic rings. The predicted molar refractivity (Wildman–Crippen MR) is 70.9 cm³/mol. The zero-order valence-electron chi connectivity index (χ0n) is 11.6. The first-order valence-electron chi connectivity index (χ1n) is 6.05. The summed E-state index contributed by atoms with van der Waals surface area (Å²) >= 11 is 0. The topological polar surface area (TPSA) is 81.7 Å². The third-order valence-corrected chi connectivity index (χ3v) is 2.56. The van der Waals surface area contributed by atoms with Gasteiger partial charge in [-0.1, -0.05) is 12.1 Å². The highest BCUT2D eigenvalue weighted by Gasteiger charge is 2.16. The van der Waals surface area contributed by atoms with Crippen molar-refractivity contribution in [3.8, 4) is 0 Å². The van der Waals surface area contributed by atoms with Crippen molar-refractivity contribution in [2.24, 2.45) is 0 Å². The molecule has 1 aromatic rings. The van der Waals surface area contributed by atoms with E-state index in [1.54, 1.807) is 31.2 Å². The number of hydrogen-bond donors (Lipinski definition) is 1. The molecule has 1 atom stereocenters. The number of ether oxygens (including phenoxy) is 2. The maximum Gasteiger partial charge on any atom is 0.328 e. The van der Waals surface area contributed by atoms with Gasteiger partial charge in [-0.25, -0.2) is 4.79 Å². The molecule has 0 fully saturated rings. The van der Waals surface area contributed by atoms with Crippen LogP contribution in [-0.4, -0.2) is 31.0 Å². The molecule has 0 bridgehead atoms. The Balaban J connectivity index is 2.61. The molecule has 1 N–H and O–H groups in total. The van der Waals surface area contributed by atoms with Crippen molar-refractivity contribution in [2.75, 3.05) is 7.11 Å². The predicted octanol–water partition coefficient (Wildman–Crippen LogP) is 1.04. The van der Waals surface area contributed by atoms with Crippen molar-refractivity contribution in [1.29, 1.82) is 0 Å². The molecule has 1 rings (SSSR count). The van der Waals surface area contributed by atoms with Crippen LogP contribution in [0.25, 0.3) is 0 Å². The summed E-state index contributed by atoms with van der Waals surface area (Å²) in [5.74, 6) is -1.24. The van der Waals surface area contributed by atoms with Crippen molar-refractivity contribution < 1.29 is 23.9 Å². The fraction of sp³-hybridized carbons (Fsp3) is 0.357. The van der Waals surface area contributed by atoms with Gasteiger partial charge in [0.1, 0.15) is 12.6 Å². The molecule has 0 spiro atoms. The van der Waals surface area contributed by atoms with E-state index in [9.17, 15) is 14.4 Å². The Bertz CT molecular complexity index is 495. The van der Waals surface area contributed by atoms with Gasteiger partial charge in [0.15, 0.2) is 0 Å². The Kier molecular flexibility index (Phi) is 5.71. The van der Waals surface area contributed by atoms with Gasteiger partial charge in [-0.2, -0.15) is 0 Å². The number of amides is 1. The molecule has 0 aliphatic carbocycles. The summed E-state index contributed by atoms with van der Waals surface area (Å²) in [6.07, 6.45) is 0. The first-order valence-corrected chi connectivity index (χ1v) is 6.05. The number of esters is 2. The lowest BCUT2D eigenvalue weighted by atomic mass is 10.1. The molecule has 0 heterocycles. The molecule has 6 nitrogen and oxygen atoms in total. The lowest BCUT2D eigenvalue weighted by Gasteiger charge is -2.11. The first kappa shape index (κ1) is 15.7. The molecule has 20 heavy (non-hydrogen) atoms. The number of nitrogens with one attached hydrogen (secondary N) is 1. The van der Waals surface area contributed by atoms with Crippen molar-refractivity contribution >= 4 is 17.8 Å². The second kappa shape index (κ2) is 7.28. The van der Waals surface area contributed by atoms with Crippen LogP contribution >= 0.6 is 0 Å².